The largest absolute Gasteiger partial charge is 0.373 e. The van der Waals surface area contributed by atoms with Gasteiger partial charge in [0.25, 0.3) is 0 Å². The van der Waals surface area contributed by atoms with Crippen LogP contribution in [0.5, 0.6) is 0 Å². The number of ether oxygens (including phenoxy) is 2. The highest BCUT2D eigenvalue weighted by atomic mass is 32.2. The SMILES string of the molecule is O=S(=O)(/C=C/c1ccccc1)N[C@@H]1CC[C@@H]2OCCO[C@H]2C1. The first-order chi connectivity index (χ1) is 10.6. The summed E-state index contributed by atoms with van der Waals surface area (Å²) < 4.78 is 38.4. The highest BCUT2D eigenvalue weighted by Gasteiger charge is 2.35. The molecule has 0 amide bonds. The molecule has 0 aromatic heterocycles. The molecule has 1 heterocycles. The Balaban J connectivity index is 1.58. The van der Waals surface area contributed by atoms with Gasteiger partial charge < -0.3 is 9.47 Å². The van der Waals surface area contributed by atoms with Crippen molar-refractivity contribution in [2.75, 3.05) is 13.2 Å². The van der Waals surface area contributed by atoms with Crippen LogP contribution in [0, 0.1) is 0 Å². The second-order valence-electron chi connectivity index (χ2n) is 5.70. The van der Waals surface area contributed by atoms with Crippen LogP contribution in [-0.2, 0) is 19.5 Å². The van der Waals surface area contributed by atoms with Crippen molar-refractivity contribution < 1.29 is 17.9 Å². The van der Waals surface area contributed by atoms with Gasteiger partial charge in [-0.15, -0.1) is 0 Å². The molecule has 2 aliphatic rings. The maximum absolute atomic E-state index is 12.2. The van der Waals surface area contributed by atoms with Gasteiger partial charge in [0.05, 0.1) is 25.4 Å². The molecule has 1 saturated heterocycles. The summed E-state index contributed by atoms with van der Waals surface area (Å²) in [5, 5.41) is 1.23. The molecular formula is C16H21NO4S. The van der Waals surface area contributed by atoms with E-state index in [1.807, 2.05) is 30.3 Å². The Labute approximate surface area is 131 Å². The van der Waals surface area contributed by atoms with Crippen molar-refractivity contribution in [1.82, 2.24) is 4.72 Å². The molecule has 1 aliphatic heterocycles. The maximum atomic E-state index is 12.2. The highest BCUT2D eigenvalue weighted by Crippen LogP contribution is 2.27. The van der Waals surface area contributed by atoms with Gasteiger partial charge in [-0.05, 0) is 30.9 Å². The first kappa shape index (κ1) is 15.7. The predicted molar refractivity (Wildman–Crippen MR) is 84.7 cm³/mol. The molecule has 0 bridgehead atoms. The normalized spacial score (nSPS) is 29.4. The Kier molecular flexibility index (Phi) is 4.93. The Morgan fingerprint density at radius 3 is 2.55 bits per heavy atom. The van der Waals surface area contributed by atoms with Crippen LogP contribution in [-0.4, -0.2) is 39.9 Å². The fraction of sp³-hybridized carbons (Fsp3) is 0.500. The molecular weight excluding hydrogens is 302 g/mol. The van der Waals surface area contributed by atoms with E-state index < -0.39 is 10.0 Å². The van der Waals surface area contributed by atoms with Gasteiger partial charge in [0, 0.05) is 11.4 Å². The zero-order chi connectivity index (χ0) is 15.4. The number of sulfonamides is 1. The Morgan fingerprint density at radius 1 is 1.05 bits per heavy atom. The molecule has 0 spiro atoms. The number of rotatable bonds is 4. The molecule has 3 rings (SSSR count). The predicted octanol–water partition coefficient (Wildman–Crippen LogP) is 1.91. The molecule has 1 aliphatic carbocycles. The van der Waals surface area contributed by atoms with Gasteiger partial charge in [0.2, 0.25) is 10.0 Å². The second-order valence-corrected chi connectivity index (χ2v) is 7.30. The maximum Gasteiger partial charge on any atom is 0.233 e. The van der Waals surface area contributed by atoms with Gasteiger partial charge in [-0.3, -0.25) is 0 Å². The van der Waals surface area contributed by atoms with Crippen LogP contribution >= 0.6 is 0 Å². The van der Waals surface area contributed by atoms with Crippen molar-refractivity contribution >= 4 is 16.1 Å². The summed E-state index contributed by atoms with van der Waals surface area (Å²) in [5.74, 6) is 0. The number of hydrogen-bond acceptors (Lipinski definition) is 4. The van der Waals surface area contributed by atoms with Crippen molar-refractivity contribution in [3.05, 3.63) is 41.3 Å². The smallest absolute Gasteiger partial charge is 0.233 e. The lowest BCUT2D eigenvalue weighted by Gasteiger charge is -2.38. The van der Waals surface area contributed by atoms with Crippen LogP contribution in [0.1, 0.15) is 24.8 Å². The molecule has 22 heavy (non-hydrogen) atoms. The fourth-order valence-electron chi connectivity index (χ4n) is 2.98. The van der Waals surface area contributed by atoms with Gasteiger partial charge in [0.1, 0.15) is 0 Å². The summed E-state index contributed by atoms with van der Waals surface area (Å²) in [4.78, 5) is 0. The zero-order valence-electron chi connectivity index (χ0n) is 12.4. The Morgan fingerprint density at radius 2 is 1.77 bits per heavy atom. The topological polar surface area (TPSA) is 64.6 Å². The first-order valence-corrected chi connectivity index (χ1v) is 9.16. The molecule has 3 atom stereocenters. The molecule has 6 heteroatoms. The van der Waals surface area contributed by atoms with E-state index in [4.69, 9.17) is 9.47 Å². The van der Waals surface area contributed by atoms with Crippen LogP contribution in [0.15, 0.2) is 35.7 Å². The second kappa shape index (κ2) is 6.91. The molecule has 1 saturated carbocycles. The number of hydrogen-bond donors (Lipinski definition) is 1. The molecule has 2 fully saturated rings. The minimum absolute atomic E-state index is 0.00769. The van der Waals surface area contributed by atoms with Gasteiger partial charge in [-0.1, -0.05) is 30.3 Å². The van der Waals surface area contributed by atoms with Crippen molar-refractivity contribution in [2.45, 2.75) is 37.5 Å². The van der Waals surface area contributed by atoms with E-state index in [1.54, 1.807) is 6.08 Å². The zero-order valence-corrected chi connectivity index (χ0v) is 13.2. The monoisotopic (exact) mass is 323 g/mol. The van der Waals surface area contributed by atoms with E-state index in [0.29, 0.717) is 19.6 Å². The van der Waals surface area contributed by atoms with Gasteiger partial charge in [-0.25, -0.2) is 13.1 Å². The molecule has 1 aromatic carbocycles. The third-order valence-electron chi connectivity index (χ3n) is 4.05. The fourth-order valence-corrected chi connectivity index (χ4v) is 4.07. The third-order valence-corrected chi connectivity index (χ3v) is 5.20. The molecule has 0 radical (unpaired) electrons. The number of nitrogens with one attached hydrogen (secondary N) is 1. The van der Waals surface area contributed by atoms with Crippen molar-refractivity contribution in [3.63, 3.8) is 0 Å². The van der Waals surface area contributed by atoms with Crippen LogP contribution in [0.4, 0.5) is 0 Å². The third kappa shape index (κ3) is 4.16. The summed E-state index contributed by atoms with van der Waals surface area (Å²) in [6, 6.07) is 9.29. The molecule has 0 unspecified atom stereocenters. The van der Waals surface area contributed by atoms with Crippen LogP contribution in [0.2, 0.25) is 0 Å². The quantitative estimate of drug-likeness (QED) is 0.919. The van der Waals surface area contributed by atoms with Gasteiger partial charge >= 0.3 is 0 Å². The van der Waals surface area contributed by atoms with E-state index >= 15 is 0 Å². The number of fused-ring (bicyclic) bond motifs is 1. The van der Waals surface area contributed by atoms with E-state index in [-0.39, 0.29) is 18.2 Å². The van der Waals surface area contributed by atoms with Gasteiger partial charge in [-0.2, -0.15) is 0 Å². The highest BCUT2D eigenvalue weighted by molar-refractivity contribution is 7.92. The summed E-state index contributed by atoms with van der Waals surface area (Å²) >= 11 is 0. The summed E-state index contributed by atoms with van der Waals surface area (Å²) in [6.07, 6.45) is 4.02. The summed E-state index contributed by atoms with van der Waals surface area (Å²) in [6.45, 7) is 1.23. The van der Waals surface area contributed by atoms with Crippen LogP contribution < -0.4 is 4.72 Å². The van der Waals surface area contributed by atoms with E-state index in [9.17, 15) is 8.42 Å². The lowest BCUT2D eigenvalue weighted by atomic mass is 9.90. The minimum Gasteiger partial charge on any atom is -0.373 e. The molecule has 1 N–H and O–H groups in total. The number of benzene rings is 1. The Bertz CT molecular complexity index is 614. The van der Waals surface area contributed by atoms with Crippen molar-refractivity contribution in [2.24, 2.45) is 0 Å². The van der Waals surface area contributed by atoms with Crippen LogP contribution in [0.3, 0.4) is 0 Å². The lowest BCUT2D eigenvalue weighted by molar-refractivity contribution is -0.156. The first-order valence-electron chi connectivity index (χ1n) is 7.61. The molecule has 5 nitrogen and oxygen atoms in total. The average molecular weight is 323 g/mol. The van der Waals surface area contributed by atoms with Crippen molar-refractivity contribution in [1.29, 1.82) is 0 Å². The summed E-state index contributed by atoms with van der Waals surface area (Å²) in [7, 11) is -3.44. The van der Waals surface area contributed by atoms with Gasteiger partial charge in [0.15, 0.2) is 0 Å². The van der Waals surface area contributed by atoms with E-state index in [2.05, 4.69) is 4.72 Å². The van der Waals surface area contributed by atoms with Crippen LogP contribution in [0.25, 0.3) is 6.08 Å². The standard InChI is InChI=1S/C16H21NO4S/c18-22(19,11-8-13-4-2-1-3-5-13)17-14-6-7-15-16(12-14)21-10-9-20-15/h1-5,8,11,14-17H,6-7,9-10,12H2/b11-8+/t14-,15+,16+/m1/s1. The lowest BCUT2D eigenvalue weighted by Crippen LogP contribution is -2.48. The van der Waals surface area contributed by atoms with E-state index in [0.717, 1.165) is 18.4 Å². The average Bonchev–Trinajstić information content (AvgIpc) is 2.54. The molecule has 1 aromatic rings. The minimum atomic E-state index is -3.44. The summed E-state index contributed by atoms with van der Waals surface area (Å²) in [5.41, 5.74) is 0.862. The van der Waals surface area contributed by atoms with E-state index in [1.165, 1.54) is 5.41 Å². The molecule has 120 valence electrons. The van der Waals surface area contributed by atoms with Crippen molar-refractivity contribution in [3.8, 4) is 0 Å². The Hall–Kier alpha value is -1.21.